The number of hydrogen-bond acceptors (Lipinski definition) is 2. The Morgan fingerprint density at radius 1 is 1.31 bits per heavy atom. The molecule has 0 saturated heterocycles. The van der Waals surface area contributed by atoms with Gasteiger partial charge in [-0.2, -0.15) is 0 Å². The average Bonchev–Trinajstić information content (AvgIpc) is 2.04. The van der Waals surface area contributed by atoms with E-state index in [2.05, 4.69) is 25.8 Å². The minimum atomic E-state index is -0.208. The van der Waals surface area contributed by atoms with E-state index < -0.39 is 0 Å². The summed E-state index contributed by atoms with van der Waals surface area (Å²) in [4.78, 5) is 2.28. The molecule has 80 valence electrons. The molecule has 0 saturated carbocycles. The first-order valence-corrected chi connectivity index (χ1v) is 5.50. The first kappa shape index (κ1) is 12.9. The van der Waals surface area contributed by atoms with Gasteiger partial charge in [-0.15, -0.1) is 0 Å². The van der Waals surface area contributed by atoms with Gasteiger partial charge >= 0.3 is 0 Å². The van der Waals surface area contributed by atoms with Gasteiger partial charge in [-0.1, -0.05) is 26.7 Å². The van der Waals surface area contributed by atoms with Crippen LogP contribution in [0.15, 0.2) is 0 Å². The van der Waals surface area contributed by atoms with E-state index in [0.29, 0.717) is 6.04 Å². The van der Waals surface area contributed by atoms with Crippen LogP contribution in [-0.2, 0) is 0 Å². The van der Waals surface area contributed by atoms with Crippen molar-refractivity contribution in [3.05, 3.63) is 0 Å². The quantitative estimate of drug-likeness (QED) is 0.661. The number of aliphatic hydroxyl groups is 1. The molecule has 13 heavy (non-hydrogen) atoms. The molecule has 1 N–H and O–H groups in total. The molecule has 0 aromatic carbocycles. The molecule has 0 spiro atoms. The third kappa shape index (κ3) is 6.05. The summed E-state index contributed by atoms with van der Waals surface area (Å²) >= 11 is 0. The van der Waals surface area contributed by atoms with Crippen LogP contribution in [0.1, 0.15) is 46.5 Å². The van der Waals surface area contributed by atoms with Crippen molar-refractivity contribution < 1.29 is 5.11 Å². The predicted octanol–water partition coefficient (Wildman–Crippen LogP) is 2.27. The highest BCUT2D eigenvalue weighted by Gasteiger charge is 2.13. The second-order valence-corrected chi connectivity index (χ2v) is 3.99. The molecule has 0 fully saturated rings. The fourth-order valence-electron chi connectivity index (χ4n) is 1.74. The highest BCUT2D eigenvalue weighted by molar-refractivity contribution is 4.68. The van der Waals surface area contributed by atoms with Gasteiger partial charge in [-0.05, 0) is 26.8 Å². The Morgan fingerprint density at radius 2 is 1.92 bits per heavy atom. The Morgan fingerprint density at radius 3 is 2.31 bits per heavy atom. The topological polar surface area (TPSA) is 23.5 Å². The molecule has 2 nitrogen and oxygen atoms in total. The third-order valence-corrected chi connectivity index (χ3v) is 2.54. The summed E-state index contributed by atoms with van der Waals surface area (Å²) < 4.78 is 0. The van der Waals surface area contributed by atoms with Crippen molar-refractivity contribution in [1.82, 2.24) is 4.90 Å². The number of nitrogens with zero attached hydrogens (tertiary/aromatic N) is 1. The van der Waals surface area contributed by atoms with Crippen LogP contribution in [0.25, 0.3) is 0 Å². The normalized spacial score (nSPS) is 16.2. The lowest BCUT2D eigenvalue weighted by Gasteiger charge is -2.28. The molecule has 2 heteroatoms. The molecule has 2 unspecified atom stereocenters. The molecule has 0 amide bonds. The summed E-state index contributed by atoms with van der Waals surface area (Å²) in [6.07, 6.45) is 4.79. The fourth-order valence-corrected chi connectivity index (χ4v) is 1.74. The molecule has 0 aromatic rings. The van der Waals surface area contributed by atoms with Crippen LogP contribution >= 0.6 is 0 Å². The predicted molar refractivity (Wildman–Crippen MR) is 57.9 cm³/mol. The minimum absolute atomic E-state index is 0.208. The number of unbranched alkanes of at least 4 members (excludes halogenated alkanes) is 1. The van der Waals surface area contributed by atoms with Crippen LogP contribution in [0.4, 0.5) is 0 Å². The van der Waals surface area contributed by atoms with Gasteiger partial charge in [0.25, 0.3) is 0 Å². The number of aliphatic hydroxyl groups excluding tert-OH is 1. The summed E-state index contributed by atoms with van der Waals surface area (Å²) in [5, 5.41) is 9.25. The Hall–Kier alpha value is -0.0800. The van der Waals surface area contributed by atoms with Gasteiger partial charge in [0.15, 0.2) is 0 Å². The Bertz CT molecular complexity index is 115. The lowest BCUT2D eigenvalue weighted by Crippen LogP contribution is -2.36. The average molecular weight is 187 g/mol. The van der Waals surface area contributed by atoms with Crippen molar-refractivity contribution in [3.63, 3.8) is 0 Å². The molecule has 0 radical (unpaired) electrons. The smallest absolute Gasteiger partial charge is 0.0639 e. The fraction of sp³-hybridized carbons (Fsp3) is 1.00. The Kier molecular flexibility index (Phi) is 7.29. The second kappa shape index (κ2) is 7.34. The number of hydrogen-bond donors (Lipinski definition) is 1. The summed E-state index contributed by atoms with van der Waals surface area (Å²) in [5.41, 5.74) is 0. The summed E-state index contributed by atoms with van der Waals surface area (Å²) in [5.74, 6) is 0. The first-order chi connectivity index (χ1) is 6.11. The molecule has 0 heterocycles. The van der Waals surface area contributed by atoms with E-state index in [1.807, 2.05) is 6.92 Å². The van der Waals surface area contributed by atoms with Gasteiger partial charge in [0.05, 0.1) is 6.10 Å². The van der Waals surface area contributed by atoms with Crippen molar-refractivity contribution in [2.75, 3.05) is 13.6 Å². The zero-order chi connectivity index (χ0) is 10.3. The van der Waals surface area contributed by atoms with Gasteiger partial charge in [0.1, 0.15) is 0 Å². The highest BCUT2D eigenvalue weighted by atomic mass is 16.3. The van der Waals surface area contributed by atoms with Crippen LogP contribution in [0, 0.1) is 0 Å². The molecule has 2 atom stereocenters. The zero-order valence-electron chi connectivity index (χ0n) is 9.58. The van der Waals surface area contributed by atoms with E-state index in [1.165, 1.54) is 25.7 Å². The molecular weight excluding hydrogens is 162 g/mol. The van der Waals surface area contributed by atoms with Crippen LogP contribution < -0.4 is 0 Å². The summed E-state index contributed by atoms with van der Waals surface area (Å²) in [7, 11) is 2.11. The maximum atomic E-state index is 9.25. The lowest BCUT2D eigenvalue weighted by atomic mass is 10.1. The van der Waals surface area contributed by atoms with Crippen LogP contribution in [0.2, 0.25) is 0 Å². The van der Waals surface area contributed by atoms with Gasteiger partial charge < -0.3 is 10.0 Å². The maximum Gasteiger partial charge on any atom is 0.0639 e. The largest absolute Gasteiger partial charge is 0.392 e. The van der Waals surface area contributed by atoms with E-state index in [9.17, 15) is 5.11 Å². The standard InChI is InChI=1S/C11H25NO/c1-5-7-8-11(6-2)12(4)9-10(3)13/h10-11,13H,5-9H2,1-4H3. The SMILES string of the molecule is CCCCC(CC)N(C)CC(C)O. The van der Waals surface area contributed by atoms with Crippen molar-refractivity contribution in [2.24, 2.45) is 0 Å². The van der Waals surface area contributed by atoms with Gasteiger partial charge in [0, 0.05) is 12.6 Å². The van der Waals surface area contributed by atoms with E-state index >= 15 is 0 Å². The molecule has 0 bridgehead atoms. The molecule has 0 rings (SSSR count). The lowest BCUT2D eigenvalue weighted by molar-refractivity contribution is 0.111. The van der Waals surface area contributed by atoms with E-state index in [-0.39, 0.29) is 6.10 Å². The summed E-state index contributed by atoms with van der Waals surface area (Å²) in [6, 6.07) is 0.648. The van der Waals surface area contributed by atoms with Crippen molar-refractivity contribution in [2.45, 2.75) is 58.6 Å². The van der Waals surface area contributed by atoms with Crippen LogP contribution in [-0.4, -0.2) is 35.7 Å². The van der Waals surface area contributed by atoms with Crippen molar-refractivity contribution in [3.8, 4) is 0 Å². The van der Waals surface area contributed by atoms with E-state index in [1.54, 1.807) is 0 Å². The van der Waals surface area contributed by atoms with Gasteiger partial charge in [-0.3, -0.25) is 0 Å². The van der Waals surface area contributed by atoms with Crippen molar-refractivity contribution >= 4 is 0 Å². The maximum absolute atomic E-state index is 9.25. The number of likely N-dealkylation sites (N-methyl/N-ethyl adjacent to an activating group) is 1. The van der Waals surface area contributed by atoms with Crippen molar-refractivity contribution in [1.29, 1.82) is 0 Å². The van der Waals surface area contributed by atoms with Gasteiger partial charge in [0.2, 0.25) is 0 Å². The van der Waals surface area contributed by atoms with Crippen LogP contribution in [0.5, 0.6) is 0 Å². The molecular formula is C11H25NO. The molecule has 0 aliphatic rings. The molecule has 0 aliphatic heterocycles. The molecule has 0 aromatic heterocycles. The first-order valence-electron chi connectivity index (χ1n) is 5.50. The monoisotopic (exact) mass is 187 g/mol. The highest BCUT2D eigenvalue weighted by Crippen LogP contribution is 2.10. The summed E-state index contributed by atoms with van der Waals surface area (Å²) in [6.45, 7) is 7.09. The Balaban J connectivity index is 3.77. The second-order valence-electron chi connectivity index (χ2n) is 3.99. The third-order valence-electron chi connectivity index (χ3n) is 2.54. The zero-order valence-corrected chi connectivity index (χ0v) is 9.58. The van der Waals surface area contributed by atoms with E-state index in [4.69, 9.17) is 0 Å². The van der Waals surface area contributed by atoms with Crippen LogP contribution in [0.3, 0.4) is 0 Å². The van der Waals surface area contributed by atoms with E-state index in [0.717, 1.165) is 6.54 Å². The number of rotatable bonds is 7. The Labute approximate surface area is 82.9 Å². The van der Waals surface area contributed by atoms with Gasteiger partial charge in [-0.25, -0.2) is 0 Å². The molecule has 0 aliphatic carbocycles. The minimum Gasteiger partial charge on any atom is -0.392 e.